The molecule has 2 saturated carbocycles. The minimum Gasteiger partial charge on any atom is -0.504 e. The quantitative estimate of drug-likeness (QED) is 0.604. The van der Waals surface area contributed by atoms with Gasteiger partial charge in [0.2, 0.25) is 0 Å². The summed E-state index contributed by atoms with van der Waals surface area (Å²) < 4.78 is 6.38. The second-order valence-corrected chi connectivity index (χ2v) is 9.66. The number of hydrogen-bond acceptors (Lipinski definition) is 4. The third-order valence-electron chi connectivity index (χ3n) is 7.66. The number of aromatic hydroxyl groups is 2. The molecule has 138 valence electrons. The summed E-state index contributed by atoms with van der Waals surface area (Å²) in [5.74, 6) is 0.629. The fraction of sp³-hybridized carbons (Fsp3) is 0.714. The summed E-state index contributed by atoms with van der Waals surface area (Å²) in [6.45, 7) is 9.17. The predicted molar refractivity (Wildman–Crippen MR) is 95.7 cm³/mol. The van der Waals surface area contributed by atoms with E-state index in [4.69, 9.17) is 4.74 Å². The summed E-state index contributed by atoms with van der Waals surface area (Å²) >= 11 is 0. The van der Waals surface area contributed by atoms with Crippen LogP contribution in [0.2, 0.25) is 0 Å². The average Bonchev–Trinajstić information content (AvgIpc) is 2.48. The zero-order chi connectivity index (χ0) is 18.2. The van der Waals surface area contributed by atoms with Crippen molar-refractivity contribution in [1.82, 2.24) is 0 Å². The fourth-order valence-corrected chi connectivity index (χ4v) is 6.68. The number of phenolic OH excluding ortho intramolecular Hbond substituents is 2. The van der Waals surface area contributed by atoms with E-state index in [0.717, 1.165) is 19.3 Å². The molecule has 0 amide bonds. The van der Waals surface area contributed by atoms with Gasteiger partial charge in [0.25, 0.3) is 0 Å². The van der Waals surface area contributed by atoms with Gasteiger partial charge in [-0.2, -0.15) is 0 Å². The van der Waals surface area contributed by atoms with Gasteiger partial charge < -0.3 is 20.1 Å². The minimum absolute atomic E-state index is 0.000633. The first-order valence-corrected chi connectivity index (χ1v) is 9.51. The number of aliphatic hydroxyl groups is 1. The Balaban J connectivity index is 1.84. The first-order valence-electron chi connectivity index (χ1n) is 9.51. The predicted octanol–water partition coefficient (Wildman–Crippen LogP) is 4.52. The van der Waals surface area contributed by atoms with Gasteiger partial charge in [0.05, 0.1) is 6.10 Å². The Morgan fingerprint density at radius 2 is 1.68 bits per heavy atom. The largest absolute Gasteiger partial charge is 0.504 e. The van der Waals surface area contributed by atoms with Crippen LogP contribution in [0.1, 0.15) is 71.5 Å². The molecule has 4 nitrogen and oxygen atoms in total. The van der Waals surface area contributed by atoms with Crippen LogP contribution in [0, 0.1) is 22.7 Å². The topological polar surface area (TPSA) is 69.9 Å². The van der Waals surface area contributed by atoms with Gasteiger partial charge in [-0.05, 0) is 55.4 Å². The molecule has 0 bridgehead atoms. The molecule has 2 aliphatic carbocycles. The van der Waals surface area contributed by atoms with Gasteiger partial charge >= 0.3 is 0 Å². The molecule has 25 heavy (non-hydrogen) atoms. The van der Waals surface area contributed by atoms with Crippen molar-refractivity contribution in [2.45, 2.75) is 71.5 Å². The molecule has 0 spiro atoms. The van der Waals surface area contributed by atoms with E-state index < -0.39 is 11.7 Å². The first kappa shape index (κ1) is 17.0. The standard InChI is InChI=1S/C21H30O4/c1-19(2)7-5-8-20(3)16(19)6-9-21(4)18(20)17(24)12-10-13(22)14(23)11-15(12)25-21/h10-11,16-18,22-24H,5-9H2,1-4H3/t16-,17+,18+,20-,21-/m0/s1. The fourth-order valence-electron chi connectivity index (χ4n) is 6.68. The molecule has 3 aliphatic rings. The average molecular weight is 346 g/mol. The summed E-state index contributed by atoms with van der Waals surface area (Å²) in [5, 5.41) is 31.1. The number of phenols is 2. The van der Waals surface area contributed by atoms with Crippen LogP contribution in [-0.4, -0.2) is 20.9 Å². The highest BCUT2D eigenvalue weighted by Gasteiger charge is 2.63. The zero-order valence-corrected chi connectivity index (χ0v) is 15.7. The summed E-state index contributed by atoms with van der Waals surface area (Å²) in [7, 11) is 0. The van der Waals surface area contributed by atoms with Crippen LogP contribution in [0.5, 0.6) is 17.2 Å². The van der Waals surface area contributed by atoms with E-state index in [-0.39, 0.29) is 28.2 Å². The van der Waals surface area contributed by atoms with Crippen LogP contribution < -0.4 is 4.74 Å². The van der Waals surface area contributed by atoms with E-state index in [9.17, 15) is 15.3 Å². The summed E-state index contributed by atoms with van der Waals surface area (Å²) in [6.07, 6.45) is 4.82. The van der Waals surface area contributed by atoms with Gasteiger partial charge in [0.15, 0.2) is 11.5 Å². The van der Waals surface area contributed by atoms with Gasteiger partial charge in [-0.15, -0.1) is 0 Å². The van der Waals surface area contributed by atoms with Crippen molar-refractivity contribution in [1.29, 1.82) is 0 Å². The van der Waals surface area contributed by atoms with E-state index in [1.165, 1.54) is 25.0 Å². The van der Waals surface area contributed by atoms with E-state index >= 15 is 0 Å². The number of fused-ring (bicyclic) bond motifs is 4. The zero-order valence-electron chi connectivity index (χ0n) is 15.7. The molecule has 1 heterocycles. The molecule has 3 N–H and O–H groups in total. The highest BCUT2D eigenvalue weighted by Crippen LogP contribution is 2.67. The van der Waals surface area contributed by atoms with Crippen molar-refractivity contribution in [2.24, 2.45) is 22.7 Å². The second kappa shape index (κ2) is 5.06. The maximum atomic E-state index is 11.3. The summed E-state index contributed by atoms with van der Waals surface area (Å²) in [4.78, 5) is 0. The van der Waals surface area contributed by atoms with Crippen LogP contribution in [0.3, 0.4) is 0 Å². The number of ether oxygens (including phenoxy) is 1. The molecule has 0 unspecified atom stereocenters. The van der Waals surface area contributed by atoms with Crippen molar-refractivity contribution in [3.05, 3.63) is 17.7 Å². The molecule has 0 aromatic heterocycles. The molecule has 0 saturated heterocycles. The lowest BCUT2D eigenvalue weighted by molar-refractivity contribution is -0.202. The molecule has 1 aromatic rings. The summed E-state index contributed by atoms with van der Waals surface area (Å²) in [5.41, 5.74) is 0.419. The smallest absolute Gasteiger partial charge is 0.161 e. The molecule has 4 rings (SSSR count). The Labute approximate surface area is 149 Å². The Morgan fingerprint density at radius 1 is 1.00 bits per heavy atom. The van der Waals surface area contributed by atoms with Crippen LogP contribution in [0.4, 0.5) is 0 Å². The lowest BCUT2D eigenvalue weighted by Gasteiger charge is -2.64. The maximum Gasteiger partial charge on any atom is 0.161 e. The molecule has 2 fully saturated rings. The lowest BCUT2D eigenvalue weighted by atomic mass is 9.44. The molecular weight excluding hydrogens is 316 g/mol. The SMILES string of the molecule is CC1(C)CCC[C@]2(C)[C@H]3[C@H](O)c4cc(O)c(O)cc4O[C@@]3(C)CC[C@@H]12. The van der Waals surface area contributed by atoms with Gasteiger partial charge in [-0.1, -0.05) is 27.2 Å². The number of rotatable bonds is 0. The second-order valence-electron chi connectivity index (χ2n) is 9.66. The van der Waals surface area contributed by atoms with Crippen LogP contribution in [0.15, 0.2) is 12.1 Å². The number of benzene rings is 1. The van der Waals surface area contributed by atoms with Crippen molar-refractivity contribution in [3.8, 4) is 17.2 Å². The molecular formula is C21H30O4. The monoisotopic (exact) mass is 346 g/mol. The van der Waals surface area contributed by atoms with Gasteiger partial charge in [-0.25, -0.2) is 0 Å². The molecule has 5 atom stereocenters. The molecule has 1 aliphatic heterocycles. The van der Waals surface area contributed by atoms with Crippen LogP contribution >= 0.6 is 0 Å². The Hall–Kier alpha value is -1.42. The molecule has 4 heteroatoms. The van der Waals surface area contributed by atoms with Gasteiger partial charge in [-0.3, -0.25) is 0 Å². The maximum absolute atomic E-state index is 11.3. The lowest BCUT2D eigenvalue weighted by Crippen LogP contribution is -2.62. The number of aliphatic hydroxyl groups excluding tert-OH is 1. The van der Waals surface area contributed by atoms with E-state index in [2.05, 4.69) is 27.7 Å². The molecule has 0 radical (unpaired) electrons. The van der Waals surface area contributed by atoms with Gasteiger partial charge in [0, 0.05) is 17.5 Å². The van der Waals surface area contributed by atoms with E-state index in [1.54, 1.807) is 0 Å². The van der Waals surface area contributed by atoms with Crippen molar-refractivity contribution in [3.63, 3.8) is 0 Å². The minimum atomic E-state index is -0.693. The number of hydrogen-bond donors (Lipinski definition) is 3. The summed E-state index contributed by atoms with van der Waals surface area (Å²) in [6, 6.07) is 2.91. The third kappa shape index (κ3) is 2.22. The third-order valence-corrected chi connectivity index (χ3v) is 7.66. The normalized spacial score (nSPS) is 41.9. The van der Waals surface area contributed by atoms with Crippen molar-refractivity contribution < 1.29 is 20.1 Å². The Kier molecular flexibility index (Phi) is 3.45. The Morgan fingerprint density at radius 3 is 2.40 bits per heavy atom. The van der Waals surface area contributed by atoms with Gasteiger partial charge in [0.1, 0.15) is 11.4 Å². The van der Waals surface area contributed by atoms with Crippen LogP contribution in [-0.2, 0) is 0 Å². The van der Waals surface area contributed by atoms with Crippen LogP contribution in [0.25, 0.3) is 0 Å². The van der Waals surface area contributed by atoms with Crippen molar-refractivity contribution in [2.75, 3.05) is 0 Å². The molecule has 1 aromatic carbocycles. The van der Waals surface area contributed by atoms with E-state index in [1.807, 2.05) is 0 Å². The van der Waals surface area contributed by atoms with Crippen molar-refractivity contribution >= 4 is 0 Å². The van der Waals surface area contributed by atoms with E-state index in [0.29, 0.717) is 17.2 Å². The highest BCUT2D eigenvalue weighted by atomic mass is 16.5. The first-order chi connectivity index (χ1) is 11.6. The highest BCUT2D eigenvalue weighted by molar-refractivity contribution is 5.52. The Bertz CT molecular complexity index is 712.